The molecule has 25 heavy (non-hydrogen) atoms. The van der Waals surface area contributed by atoms with E-state index < -0.39 is 5.97 Å². The Hall–Kier alpha value is -2.24. The molecule has 0 spiro atoms. The molecular formula is C19H27NO5. The summed E-state index contributed by atoms with van der Waals surface area (Å²) >= 11 is 0. The summed E-state index contributed by atoms with van der Waals surface area (Å²) in [4.78, 5) is 26.3. The van der Waals surface area contributed by atoms with Gasteiger partial charge in [-0.3, -0.25) is 4.79 Å². The van der Waals surface area contributed by atoms with Crippen molar-refractivity contribution in [3.8, 4) is 11.5 Å². The fourth-order valence-electron chi connectivity index (χ4n) is 3.11. The molecule has 1 fully saturated rings. The van der Waals surface area contributed by atoms with Crippen LogP contribution < -0.4 is 9.47 Å². The highest BCUT2D eigenvalue weighted by molar-refractivity contribution is 5.94. The maximum atomic E-state index is 12.3. The van der Waals surface area contributed by atoms with E-state index in [2.05, 4.69) is 6.92 Å². The maximum Gasteiger partial charge on any atom is 0.342 e. The Morgan fingerprint density at radius 2 is 1.80 bits per heavy atom. The maximum absolute atomic E-state index is 12.3. The molecule has 0 atom stereocenters. The van der Waals surface area contributed by atoms with Crippen LogP contribution in [0.1, 0.15) is 43.0 Å². The molecule has 1 amide bonds. The largest absolute Gasteiger partial charge is 0.497 e. The number of carbonyl (C=O) groups is 2. The van der Waals surface area contributed by atoms with Gasteiger partial charge in [0.25, 0.3) is 5.91 Å². The molecule has 138 valence electrons. The summed E-state index contributed by atoms with van der Waals surface area (Å²) in [7, 11) is 4.78. The minimum Gasteiger partial charge on any atom is -0.497 e. The Morgan fingerprint density at radius 1 is 1.12 bits per heavy atom. The van der Waals surface area contributed by atoms with Gasteiger partial charge in [-0.2, -0.15) is 0 Å². The predicted molar refractivity (Wildman–Crippen MR) is 94.0 cm³/mol. The molecule has 0 saturated heterocycles. The molecule has 0 radical (unpaired) electrons. The van der Waals surface area contributed by atoms with Crippen LogP contribution in [0, 0.1) is 5.92 Å². The summed E-state index contributed by atoms with van der Waals surface area (Å²) in [5.74, 6) is 0.890. The van der Waals surface area contributed by atoms with Crippen LogP contribution in [0.2, 0.25) is 0 Å². The van der Waals surface area contributed by atoms with Gasteiger partial charge in [0, 0.05) is 19.2 Å². The van der Waals surface area contributed by atoms with Gasteiger partial charge in [0.05, 0.1) is 14.2 Å². The first-order chi connectivity index (χ1) is 12.0. The fourth-order valence-corrected chi connectivity index (χ4v) is 3.11. The van der Waals surface area contributed by atoms with E-state index in [9.17, 15) is 9.59 Å². The number of amides is 1. The van der Waals surface area contributed by atoms with Crippen LogP contribution in [0.5, 0.6) is 11.5 Å². The standard InChI is InChI=1S/C19H27NO5/c1-13-5-7-14(8-6-13)20(2)18(21)12-25-19(22)16-10-9-15(23-3)11-17(16)24-4/h9-11,13-14H,5-8,12H2,1-4H3. The second kappa shape index (κ2) is 8.74. The Labute approximate surface area is 149 Å². The van der Waals surface area contributed by atoms with Crippen LogP contribution in [-0.2, 0) is 9.53 Å². The highest BCUT2D eigenvalue weighted by atomic mass is 16.5. The lowest BCUT2D eigenvalue weighted by molar-refractivity contribution is -0.136. The first-order valence-corrected chi connectivity index (χ1v) is 8.61. The van der Waals surface area contributed by atoms with Crippen molar-refractivity contribution in [2.24, 2.45) is 5.92 Å². The number of methoxy groups -OCH3 is 2. The lowest BCUT2D eigenvalue weighted by Crippen LogP contribution is -2.41. The second-order valence-corrected chi connectivity index (χ2v) is 6.56. The minimum atomic E-state index is -0.585. The van der Waals surface area contributed by atoms with Gasteiger partial charge in [0.2, 0.25) is 0 Å². The lowest BCUT2D eigenvalue weighted by atomic mass is 9.87. The van der Waals surface area contributed by atoms with E-state index in [-0.39, 0.29) is 24.1 Å². The van der Waals surface area contributed by atoms with Crippen molar-refractivity contribution in [2.75, 3.05) is 27.9 Å². The van der Waals surface area contributed by atoms with Crippen molar-refractivity contribution in [3.63, 3.8) is 0 Å². The molecule has 6 heteroatoms. The summed E-state index contributed by atoms with van der Waals surface area (Å²) < 4.78 is 15.5. The zero-order chi connectivity index (χ0) is 18.4. The third-order valence-electron chi connectivity index (χ3n) is 4.88. The van der Waals surface area contributed by atoms with Gasteiger partial charge in [-0.1, -0.05) is 6.92 Å². The van der Waals surface area contributed by atoms with E-state index in [1.165, 1.54) is 14.2 Å². The molecule has 0 heterocycles. The van der Waals surface area contributed by atoms with Gasteiger partial charge in [-0.25, -0.2) is 4.79 Å². The molecule has 0 aromatic heterocycles. The SMILES string of the molecule is COc1ccc(C(=O)OCC(=O)N(C)C2CCC(C)CC2)c(OC)c1. The zero-order valence-corrected chi connectivity index (χ0v) is 15.4. The number of hydrogen-bond donors (Lipinski definition) is 0. The van der Waals surface area contributed by atoms with Crippen LogP contribution in [0.3, 0.4) is 0 Å². The van der Waals surface area contributed by atoms with Crippen molar-refractivity contribution in [1.82, 2.24) is 4.90 Å². The number of benzene rings is 1. The molecule has 1 aliphatic rings. The van der Waals surface area contributed by atoms with E-state index in [4.69, 9.17) is 14.2 Å². The number of hydrogen-bond acceptors (Lipinski definition) is 5. The van der Waals surface area contributed by atoms with Crippen molar-refractivity contribution in [2.45, 2.75) is 38.6 Å². The van der Waals surface area contributed by atoms with Crippen molar-refractivity contribution in [3.05, 3.63) is 23.8 Å². The van der Waals surface area contributed by atoms with Crippen LogP contribution in [0.4, 0.5) is 0 Å². The van der Waals surface area contributed by atoms with Gasteiger partial charge in [0.1, 0.15) is 17.1 Å². The first-order valence-electron chi connectivity index (χ1n) is 8.61. The summed E-state index contributed by atoms with van der Waals surface area (Å²) in [5, 5.41) is 0. The smallest absolute Gasteiger partial charge is 0.342 e. The Morgan fingerprint density at radius 3 is 2.40 bits per heavy atom. The van der Waals surface area contributed by atoms with Gasteiger partial charge < -0.3 is 19.1 Å². The number of rotatable bonds is 6. The van der Waals surface area contributed by atoms with Crippen LogP contribution in [0.25, 0.3) is 0 Å². The van der Waals surface area contributed by atoms with E-state index in [0.717, 1.165) is 31.6 Å². The number of carbonyl (C=O) groups excluding carboxylic acids is 2. The van der Waals surface area contributed by atoms with Crippen molar-refractivity contribution < 1.29 is 23.8 Å². The molecule has 1 aliphatic carbocycles. The topological polar surface area (TPSA) is 65.1 Å². The molecule has 0 unspecified atom stereocenters. The monoisotopic (exact) mass is 349 g/mol. The summed E-state index contributed by atoms with van der Waals surface area (Å²) in [6.07, 6.45) is 4.27. The molecule has 0 aliphatic heterocycles. The van der Waals surface area contributed by atoms with E-state index >= 15 is 0 Å². The summed E-state index contributed by atoms with van der Waals surface area (Å²) in [6, 6.07) is 5.05. The normalized spacial score (nSPS) is 19.8. The number of likely N-dealkylation sites (N-methyl/N-ethyl adjacent to an activating group) is 1. The van der Waals surface area contributed by atoms with Crippen LogP contribution in [-0.4, -0.2) is 50.7 Å². The summed E-state index contributed by atoms with van der Waals surface area (Å²) in [5.41, 5.74) is 0.269. The van der Waals surface area contributed by atoms with Gasteiger partial charge in [-0.05, 0) is 43.7 Å². The predicted octanol–water partition coefficient (Wildman–Crippen LogP) is 2.90. The van der Waals surface area contributed by atoms with E-state index in [1.807, 2.05) is 0 Å². The molecular weight excluding hydrogens is 322 g/mol. The molecule has 1 aromatic carbocycles. The van der Waals surface area contributed by atoms with E-state index in [0.29, 0.717) is 11.5 Å². The summed E-state index contributed by atoms with van der Waals surface area (Å²) in [6.45, 7) is 1.97. The fraction of sp³-hybridized carbons (Fsp3) is 0.579. The number of nitrogens with zero attached hydrogens (tertiary/aromatic N) is 1. The molecule has 6 nitrogen and oxygen atoms in total. The van der Waals surface area contributed by atoms with Crippen molar-refractivity contribution >= 4 is 11.9 Å². The highest BCUT2D eigenvalue weighted by Gasteiger charge is 2.25. The first kappa shape index (κ1) is 19.1. The van der Waals surface area contributed by atoms with E-state index in [1.54, 1.807) is 30.1 Å². The minimum absolute atomic E-state index is 0.180. The third-order valence-corrected chi connectivity index (χ3v) is 4.88. The lowest BCUT2D eigenvalue weighted by Gasteiger charge is -2.33. The quantitative estimate of drug-likeness (QED) is 0.739. The van der Waals surface area contributed by atoms with Crippen molar-refractivity contribution in [1.29, 1.82) is 0 Å². The Kier molecular flexibility index (Phi) is 6.67. The molecule has 0 N–H and O–H groups in total. The zero-order valence-electron chi connectivity index (χ0n) is 15.4. The third kappa shape index (κ3) is 4.87. The number of ether oxygens (including phenoxy) is 3. The average Bonchev–Trinajstić information content (AvgIpc) is 2.65. The molecule has 0 bridgehead atoms. The Bertz CT molecular complexity index is 608. The molecule has 1 aromatic rings. The molecule has 1 saturated carbocycles. The average molecular weight is 349 g/mol. The van der Waals surface area contributed by atoms with Crippen LogP contribution in [0.15, 0.2) is 18.2 Å². The second-order valence-electron chi connectivity index (χ2n) is 6.56. The highest BCUT2D eigenvalue weighted by Crippen LogP contribution is 2.27. The van der Waals surface area contributed by atoms with Gasteiger partial charge in [0.15, 0.2) is 6.61 Å². The van der Waals surface area contributed by atoms with Gasteiger partial charge in [-0.15, -0.1) is 0 Å². The van der Waals surface area contributed by atoms with Crippen LogP contribution >= 0.6 is 0 Å². The van der Waals surface area contributed by atoms with Gasteiger partial charge >= 0.3 is 5.97 Å². The molecule has 2 rings (SSSR count). The Balaban J connectivity index is 1.92. The number of esters is 1.